The lowest BCUT2D eigenvalue weighted by Crippen LogP contribution is -1.98. The molecule has 60 heavy (non-hydrogen) atoms. The van der Waals surface area contributed by atoms with Gasteiger partial charge in [0.15, 0.2) is 11.5 Å². The van der Waals surface area contributed by atoms with Gasteiger partial charge in [-0.2, -0.15) is 17.6 Å². The second-order valence-corrected chi connectivity index (χ2v) is 17.9. The Morgan fingerprint density at radius 1 is 0.283 bits per heavy atom. The molecule has 0 aliphatic rings. The second kappa shape index (κ2) is 21.8. The maximum Gasteiger partial charge on any atom is 0.219 e. The first-order chi connectivity index (χ1) is 28.5. The van der Waals surface area contributed by atoms with Gasteiger partial charge in [-0.25, -0.2) is 0 Å². The molecule has 7 aromatic carbocycles. The number of ether oxygens (including phenoxy) is 4. The number of phenolic OH excluding ortho intramolecular Hbond substituents is 5. The van der Waals surface area contributed by atoms with Gasteiger partial charge in [0.25, 0.3) is 0 Å². The molecular formula is C42H25F4I5O9. The zero-order chi connectivity index (χ0) is 43.7. The minimum absolute atomic E-state index is 0.132. The molecule has 18 heteroatoms. The van der Waals surface area contributed by atoms with E-state index in [0.717, 1.165) is 17.9 Å². The van der Waals surface area contributed by atoms with E-state index in [0.29, 0.717) is 28.7 Å². The van der Waals surface area contributed by atoms with Gasteiger partial charge in [0.2, 0.25) is 57.8 Å². The quantitative estimate of drug-likeness (QED) is 0.0436. The fourth-order valence-corrected chi connectivity index (χ4v) is 6.34. The smallest absolute Gasteiger partial charge is 0.219 e. The monoisotopic (exact) mass is 1380 g/mol. The largest absolute Gasteiger partial charge is 0.508 e. The maximum absolute atomic E-state index is 12.2. The average molecular weight is 1380 g/mol. The molecular weight excluding hydrogens is 1360 g/mol. The third-order valence-electron chi connectivity index (χ3n) is 7.45. The van der Waals surface area contributed by atoms with Gasteiger partial charge in [0, 0.05) is 17.9 Å². The van der Waals surface area contributed by atoms with E-state index in [-0.39, 0.29) is 23.0 Å². The van der Waals surface area contributed by atoms with Crippen molar-refractivity contribution < 1.29 is 62.0 Å². The molecule has 0 heterocycles. The van der Waals surface area contributed by atoms with Crippen LogP contribution in [0.15, 0.2) is 121 Å². The fourth-order valence-electron chi connectivity index (χ4n) is 4.55. The Labute approximate surface area is 407 Å². The molecule has 310 valence electrons. The third kappa shape index (κ3) is 12.6. The molecule has 0 aliphatic heterocycles. The number of phenols is 5. The van der Waals surface area contributed by atoms with Crippen LogP contribution in [0.4, 0.5) is 17.6 Å². The maximum atomic E-state index is 12.2. The SMILES string of the molecule is Oc1c(F)c(F)c(O)c(F)c1F.Oc1c(Oc2ccc(I)cc2)c(Oc2ccc(I)cc2)c(O)c(Oc2ccc(I)cc2)c1Oc1ccc(I)cc1.Oc1ccc(I)cc1. The van der Waals surface area contributed by atoms with Crippen LogP contribution in [-0.2, 0) is 0 Å². The van der Waals surface area contributed by atoms with E-state index >= 15 is 0 Å². The van der Waals surface area contributed by atoms with E-state index in [1.165, 1.54) is 0 Å². The molecule has 9 nitrogen and oxygen atoms in total. The summed E-state index contributed by atoms with van der Waals surface area (Å²) >= 11 is 11.0. The summed E-state index contributed by atoms with van der Waals surface area (Å²) in [4.78, 5) is 0. The molecule has 0 aliphatic carbocycles. The Kier molecular flexibility index (Phi) is 17.1. The Hall–Kier alpha value is -3.89. The van der Waals surface area contributed by atoms with Gasteiger partial charge < -0.3 is 44.5 Å². The molecule has 0 spiro atoms. The number of rotatable bonds is 8. The van der Waals surface area contributed by atoms with Crippen molar-refractivity contribution in [3.05, 3.63) is 162 Å². The van der Waals surface area contributed by atoms with E-state index in [2.05, 4.69) is 113 Å². The van der Waals surface area contributed by atoms with Crippen LogP contribution in [0.1, 0.15) is 0 Å². The van der Waals surface area contributed by atoms with Crippen LogP contribution in [0.5, 0.6) is 74.7 Å². The van der Waals surface area contributed by atoms with Crippen LogP contribution in [0.2, 0.25) is 0 Å². The van der Waals surface area contributed by atoms with Gasteiger partial charge in [-0.15, -0.1) is 0 Å². The molecule has 0 fully saturated rings. The van der Waals surface area contributed by atoms with Crippen LogP contribution in [0.3, 0.4) is 0 Å². The number of aromatic hydroxyl groups is 5. The molecule has 7 aromatic rings. The number of halogens is 9. The summed E-state index contributed by atoms with van der Waals surface area (Å²) in [5.74, 6) is -11.0. The van der Waals surface area contributed by atoms with Crippen molar-refractivity contribution in [2.24, 2.45) is 0 Å². The van der Waals surface area contributed by atoms with Crippen LogP contribution in [0.25, 0.3) is 0 Å². The zero-order valence-electron chi connectivity index (χ0n) is 29.8. The molecule has 0 saturated carbocycles. The van der Waals surface area contributed by atoms with Crippen LogP contribution in [0, 0.1) is 41.1 Å². The van der Waals surface area contributed by atoms with Crippen molar-refractivity contribution in [1.82, 2.24) is 0 Å². The number of hydrogen-bond acceptors (Lipinski definition) is 9. The van der Waals surface area contributed by atoms with Gasteiger partial charge in [0.05, 0.1) is 0 Å². The summed E-state index contributed by atoms with van der Waals surface area (Å²) < 4.78 is 78.6. The fraction of sp³-hybridized carbons (Fsp3) is 0. The van der Waals surface area contributed by atoms with Gasteiger partial charge in [-0.3, -0.25) is 0 Å². The summed E-state index contributed by atoms with van der Waals surface area (Å²) in [6, 6.07) is 36.0. The van der Waals surface area contributed by atoms with Crippen LogP contribution in [-0.4, -0.2) is 25.5 Å². The average Bonchev–Trinajstić information content (AvgIpc) is 3.24. The molecule has 5 N–H and O–H groups in total. The Morgan fingerprint density at radius 3 is 0.650 bits per heavy atom. The van der Waals surface area contributed by atoms with Crippen molar-refractivity contribution in [2.75, 3.05) is 0 Å². The van der Waals surface area contributed by atoms with Gasteiger partial charge in [0.1, 0.15) is 28.7 Å². The molecule has 0 amide bonds. The van der Waals surface area contributed by atoms with Crippen molar-refractivity contribution >= 4 is 113 Å². The topological polar surface area (TPSA) is 138 Å². The van der Waals surface area contributed by atoms with Crippen molar-refractivity contribution in [3.8, 4) is 74.7 Å². The Balaban J connectivity index is 0.000000278. The van der Waals surface area contributed by atoms with Crippen molar-refractivity contribution in [2.45, 2.75) is 0 Å². The summed E-state index contributed by atoms with van der Waals surface area (Å²) in [5, 5.41) is 48.7. The molecule has 0 aromatic heterocycles. The minimum Gasteiger partial charge on any atom is -0.508 e. The zero-order valence-corrected chi connectivity index (χ0v) is 40.6. The van der Waals surface area contributed by atoms with E-state index in [9.17, 15) is 27.8 Å². The van der Waals surface area contributed by atoms with E-state index < -0.39 is 46.3 Å². The first-order valence-corrected chi connectivity index (χ1v) is 22.0. The number of hydrogen-bond donors (Lipinski definition) is 5. The summed E-state index contributed by atoms with van der Waals surface area (Å²) in [6.45, 7) is 0. The number of benzene rings is 7. The lowest BCUT2D eigenvalue weighted by atomic mass is 10.2. The van der Waals surface area contributed by atoms with E-state index in [1.807, 2.05) is 60.7 Å². The third-order valence-corrected chi connectivity index (χ3v) is 11.0. The predicted octanol–water partition coefficient (Wildman–Crippen LogP) is 14.3. The van der Waals surface area contributed by atoms with Crippen LogP contribution < -0.4 is 18.9 Å². The molecule has 7 rings (SSSR count). The molecule has 0 radical (unpaired) electrons. The van der Waals surface area contributed by atoms with Crippen molar-refractivity contribution in [1.29, 1.82) is 0 Å². The summed E-state index contributed by atoms with van der Waals surface area (Å²) in [5.41, 5.74) is 0. The molecule has 0 bridgehead atoms. The van der Waals surface area contributed by atoms with Crippen molar-refractivity contribution in [3.63, 3.8) is 0 Å². The molecule has 0 unspecified atom stereocenters. The first kappa shape index (κ1) is 47.2. The highest BCUT2D eigenvalue weighted by molar-refractivity contribution is 14.1. The lowest BCUT2D eigenvalue weighted by Gasteiger charge is -2.21. The predicted molar refractivity (Wildman–Crippen MR) is 257 cm³/mol. The molecule has 0 atom stereocenters. The second-order valence-electron chi connectivity index (χ2n) is 11.7. The highest BCUT2D eigenvalue weighted by atomic mass is 127. The molecule has 0 saturated heterocycles. The summed E-state index contributed by atoms with van der Waals surface area (Å²) in [7, 11) is 0. The Morgan fingerprint density at radius 2 is 0.467 bits per heavy atom. The van der Waals surface area contributed by atoms with Gasteiger partial charge in [-0.05, 0) is 234 Å². The standard InChI is InChI=1S/C30H18I4O6.C6H2F4O2.C6H5IO/c31-17-1-9-21(10-2-17)37-27-25(35)29(39-23-13-5-19(33)6-14-23)30(40-24-15-7-20(34)8-16-24)26(36)28(27)38-22-11-3-18(32)4-12-22;7-1-2(8)6(12)4(10)3(9)5(1)11;7-5-1-3-6(8)4-2-5/h1-16,35-36H;11-12H;1-4,8H. The lowest BCUT2D eigenvalue weighted by molar-refractivity contribution is 0.318. The van der Waals surface area contributed by atoms with Gasteiger partial charge in [-0.1, -0.05) is 0 Å². The summed E-state index contributed by atoms with van der Waals surface area (Å²) in [6.07, 6.45) is 0. The minimum atomic E-state index is -2.02. The first-order valence-electron chi connectivity index (χ1n) is 16.6. The Bertz CT molecular complexity index is 2200. The normalized spacial score (nSPS) is 10.4. The highest BCUT2D eigenvalue weighted by Gasteiger charge is 2.31. The van der Waals surface area contributed by atoms with Gasteiger partial charge >= 0.3 is 0 Å². The van der Waals surface area contributed by atoms with Crippen LogP contribution >= 0.6 is 113 Å². The highest BCUT2D eigenvalue weighted by Crippen LogP contribution is 2.60. The van der Waals surface area contributed by atoms with E-state index in [1.54, 1.807) is 60.7 Å². The van der Waals surface area contributed by atoms with E-state index in [4.69, 9.17) is 34.3 Å².